The smallest absolute Gasteiger partial charge is 0.267 e. The average molecular weight is 415 g/mol. The van der Waals surface area contributed by atoms with E-state index in [-0.39, 0.29) is 12.1 Å². The number of hydrogen-bond acceptors (Lipinski definition) is 2. The highest BCUT2D eigenvalue weighted by Gasteiger charge is 2.46. The van der Waals surface area contributed by atoms with Gasteiger partial charge in [-0.25, -0.2) is 0 Å². The summed E-state index contributed by atoms with van der Waals surface area (Å²) in [5.41, 5.74) is 2.74. The van der Waals surface area contributed by atoms with Gasteiger partial charge in [-0.15, -0.1) is 0 Å². The summed E-state index contributed by atoms with van der Waals surface area (Å²) in [6.07, 6.45) is 1.77. The Morgan fingerprint density at radius 2 is 1.27 bits per heavy atom. The van der Waals surface area contributed by atoms with Crippen molar-refractivity contribution in [1.29, 1.82) is 5.26 Å². The quantitative estimate of drug-likeness (QED) is 0.455. The Labute approximate surface area is 178 Å². The van der Waals surface area contributed by atoms with Crippen LogP contribution in [0.4, 0.5) is 11.4 Å². The van der Waals surface area contributed by atoms with Crippen molar-refractivity contribution < 1.29 is 4.57 Å². The van der Waals surface area contributed by atoms with Crippen molar-refractivity contribution in [2.75, 3.05) is 22.4 Å². The second-order valence-electron chi connectivity index (χ2n) is 7.57. The van der Waals surface area contributed by atoms with E-state index >= 15 is 4.57 Å². The highest BCUT2D eigenvalue weighted by molar-refractivity contribution is 7.68. The Morgan fingerprint density at radius 3 is 1.73 bits per heavy atom. The Bertz CT molecular complexity index is 983. The van der Waals surface area contributed by atoms with Crippen LogP contribution in [0.5, 0.6) is 0 Å². The molecule has 4 nitrogen and oxygen atoms in total. The molecule has 1 saturated heterocycles. The summed E-state index contributed by atoms with van der Waals surface area (Å²) in [7, 11) is -3.13. The van der Waals surface area contributed by atoms with Gasteiger partial charge in [0.05, 0.1) is 11.7 Å². The Hall–Kier alpha value is -3.02. The number of hydrogen-bond donors (Lipinski definition) is 0. The molecule has 3 aromatic carbocycles. The van der Waals surface area contributed by atoms with E-state index in [0.717, 1.165) is 36.4 Å². The topological polar surface area (TPSA) is 47.3 Å². The zero-order valence-electron chi connectivity index (χ0n) is 17.0. The lowest BCUT2D eigenvalue weighted by molar-refractivity contribution is 0.543. The van der Waals surface area contributed by atoms with E-state index in [9.17, 15) is 5.26 Å². The third kappa shape index (κ3) is 3.99. The zero-order valence-corrected chi connectivity index (χ0v) is 17.9. The predicted octanol–water partition coefficient (Wildman–Crippen LogP) is 6.12. The molecule has 0 spiro atoms. The van der Waals surface area contributed by atoms with E-state index in [1.807, 2.05) is 78.9 Å². The molecule has 1 heterocycles. The number of rotatable bonds is 6. The minimum atomic E-state index is -3.13. The lowest BCUT2D eigenvalue weighted by Gasteiger charge is -2.48. The summed E-state index contributed by atoms with van der Waals surface area (Å²) in [6, 6.07) is 32.4. The molecule has 5 heteroatoms. The first-order chi connectivity index (χ1) is 14.7. The van der Waals surface area contributed by atoms with Gasteiger partial charge in [-0.05, 0) is 42.7 Å². The van der Waals surface area contributed by atoms with E-state index < -0.39 is 7.44 Å². The number of nitriles is 1. The van der Waals surface area contributed by atoms with E-state index in [1.54, 1.807) is 0 Å². The molecule has 30 heavy (non-hydrogen) atoms. The summed E-state index contributed by atoms with van der Waals surface area (Å²) in [5, 5.41) is 9.67. The second kappa shape index (κ2) is 9.20. The monoisotopic (exact) mass is 415 g/mol. The molecule has 0 aromatic heterocycles. The fraction of sp³-hybridized carbons (Fsp3) is 0.240. The summed E-state index contributed by atoms with van der Waals surface area (Å²) < 4.78 is 19.2. The summed E-state index contributed by atoms with van der Waals surface area (Å²) in [5.74, 6) is 0. The number of nitrogens with zero attached hydrogens (tertiary/aromatic N) is 3. The Kier molecular flexibility index (Phi) is 6.21. The molecule has 1 aliphatic heterocycles. The van der Waals surface area contributed by atoms with Crippen LogP contribution >= 0.6 is 7.44 Å². The van der Waals surface area contributed by atoms with Crippen LogP contribution in [0, 0.1) is 11.3 Å². The maximum Gasteiger partial charge on any atom is 0.267 e. The molecule has 0 bridgehead atoms. The van der Waals surface area contributed by atoms with E-state index in [0.29, 0.717) is 6.42 Å². The predicted molar refractivity (Wildman–Crippen MR) is 124 cm³/mol. The minimum absolute atomic E-state index is 0.249. The van der Waals surface area contributed by atoms with Crippen molar-refractivity contribution in [3.8, 4) is 6.07 Å². The SMILES string of the molecule is N#CCC(Cc1ccccc1)P1(=O)N(c2ccccc2)CCCN1c1ccccc1. The molecule has 0 amide bonds. The third-order valence-corrected chi connectivity index (χ3v) is 9.22. The zero-order chi connectivity index (χ0) is 20.8. The van der Waals surface area contributed by atoms with Crippen molar-refractivity contribution in [3.05, 3.63) is 96.6 Å². The van der Waals surface area contributed by atoms with Gasteiger partial charge >= 0.3 is 0 Å². The first kappa shape index (κ1) is 20.3. The van der Waals surface area contributed by atoms with Gasteiger partial charge in [0, 0.05) is 30.9 Å². The third-order valence-electron chi connectivity index (χ3n) is 5.66. The van der Waals surface area contributed by atoms with Crippen LogP contribution in [0.15, 0.2) is 91.0 Å². The van der Waals surface area contributed by atoms with Gasteiger partial charge < -0.3 is 9.34 Å². The lowest BCUT2D eigenvalue weighted by Crippen LogP contribution is -2.44. The van der Waals surface area contributed by atoms with Gasteiger partial charge in [0.1, 0.15) is 0 Å². The van der Waals surface area contributed by atoms with E-state index in [1.165, 1.54) is 0 Å². The summed E-state index contributed by atoms with van der Waals surface area (Å²) in [4.78, 5) is 0. The van der Waals surface area contributed by atoms with Crippen molar-refractivity contribution in [2.24, 2.45) is 0 Å². The largest absolute Gasteiger partial charge is 0.306 e. The molecule has 0 aliphatic carbocycles. The maximum atomic E-state index is 15.1. The first-order valence-corrected chi connectivity index (χ1v) is 12.1. The molecule has 3 aromatic rings. The fourth-order valence-corrected chi connectivity index (χ4v) is 7.87. The molecule has 0 saturated carbocycles. The van der Waals surface area contributed by atoms with Crippen LogP contribution in [0.3, 0.4) is 0 Å². The molecule has 0 radical (unpaired) electrons. The molecule has 1 fully saturated rings. The molecular weight excluding hydrogens is 389 g/mol. The Morgan fingerprint density at radius 1 is 0.800 bits per heavy atom. The molecule has 1 unspecified atom stereocenters. The van der Waals surface area contributed by atoms with Crippen molar-refractivity contribution in [3.63, 3.8) is 0 Å². The van der Waals surface area contributed by atoms with Crippen LogP contribution in [0.2, 0.25) is 0 Å². The van der Waals surface area contributed by atoms with Gasteiger partial charge in [-0.1, -0.05) is 66.7 Å². The van der Waals surface area contributed by atoms with Crippen molar-refractivity contribution in [2.45, 2.75) is 24.9 Å². The molecular formula is C25H26N3OP. The highest BCUT2D eigenvalue weighted by atomic mass is 31.2. The van der Waals surface area contributed by atoms with Crippen LogP contribution in [0.25, 0.3) is 0 Å². The number of anilines is 2. The maximum absolute atomic E-state index is 15.1. The number of para-hydroxylation sites is 2. The molecule has 1 aliphatic rings. The normalized spacial score (nSPS) is 16.6. The van der Waals surface area contributed by atoms with Crippen LogP contribution in [-0.2, 0) is 11.0 Å². The minimum Gasteiger partial charge on any atom is -0.306 e. The van der Waals surface area contributed by atoms with Gasteiger partial charge in [0.15, 0.2) is 0 Å². The van der Waals surface area contributed by atoms with Gasteiger partial charge in [-0.3, -0.25) is 4.57 Å². The van der Waals surface area contributed by atoms with Crippen molar-refractivity contribution >= 4 is 18.8 Å². The lowest BCUT2D eigenvalue weighted by atomic mass is 10.1. The van der Waals surface area contributed by atoms with Gasteiger partial charge in [0.25, 0.3) is 7.44 Å². The van der Waals surface area contributed by atoms with Crippen molar-refractivity contribution in [1.82, 2.24) is 0 Å². The Balaban J connectivity index is 1.83. The number of benzene rings is 3. The molecule has 0 N–H and O–H groups in total. The molecule has 1 atom stereocenters. The second-order valence-corrected chi connectivity index (χ2v) is 10.4. The van der Waals surface area contributed by atoms with Crippen LogP contribution in [-0.4, -0.2) is 18.7 Å². The highest BCUT2D eigenvalue weighted by Crippen LogP contribution is 2.63. The summed E-state index contributed by atoms with van der Waals surface area (Å²) in [6.45, 7) is 1.45. The average Bonchev–Trinajstić information content (AvgIpc) is 2.81. The summed E-state index contributed by atoms with van der Waals surface area (Å²) >= 11 is 0. The fourth-order valence-electron chi connectivity index (χ4n) is 4.27. The van der Waals surface area contributed by atoms with E-state index in [4.69, 9.17) is 0 Å². The van der Waals surface area contributed by atoms with Crippen LogP contribution in [0.1, 0.15) is 18.4 Å². The van der Waals surface area contributed by atoms with Crippen LogP contribution < -0.4 is 9.34 Å². The molecule has 152 valence electrons. The first-order valence-electron chi connectivity index (χ1n) is 10.4. The standard InChI is InChI=1S/C25H26N3OP/c26-18-17-25(21-22-11-4-1-5-12-22)30(29)27(23-13-6-2-7-14-23)19-10-20-28(30)24-15-8-3-9-16-24/h1-9,11-16,25H,10,17,19-21H2. The van der Waals surface area contributed by atoms with Gasteiger partial charge in [0.2, 0.25) is 0 Å². The van der Waals surface area contributed by atoms with E-state index in [2.05, 4.69) is 27.5 Å². The molecule has 4 rings (SSSR count). The van der Waals surface area contributed by atoms with Gasteiger partial charge in [-0.2, -0.15) is 5.26 Å².